The minimum absolute atomic E-state index is 0.00257. The average Bonchev–Trinajstić information content (AvgIpc) is 3.26. The van der Waals surface area contributed by atoms with Crippen molar-refractivity contribution in [1.29, 1.82) is 0 Å². The Morgan fingerprint density at radius 2 is 2.00 bits per heavy atom. The number of nitrogens with zero attached hydrogens (tertiary/aromatic N) is 3. The topological polar surface area (TPSA) is 126 Å². The van der Waals surface area contributed by atoms with Gasteiger partial charge in [-0.3, -0.25) is 10.2 Å². The van der Waals surface area contributed by atoms with E-state index in [0.29, 0.717) is 33.6 Å². The van der Waals surface area contributed by atoms with Gasteiger partial charge in [-0.2, -0.15) is 0 Å². The summed E-state index contributed by atoms with van der Waals surface area (Å²) in [6, 6.07) is 12.7. The van der Waals surface area contributed by atoms with E-state index in [4.69, 9.17) is 10.5 Å². The summed E-state index contributed by atoms with van der Waals surface area (Å²) in [7, 11) is 0. The average molecular weight is 517 g/mol. The quantitative estimate of drug-likeness (QED) is 0.255. The molecule has 5 N–H and O–H groups in total. The molecule has 4 aromatic rings. The molecule has 1 aromatic carbocycles. The van der Waals surface area contributed by atoms with Crippen LogP contribution >= 0.6 is 11.3 Å². The Kier molecular flexibility index (Phi) is 6.25. The van der Waals surface area contributed by atoms with Crippen LogP contribution in [0.3, 0.4) is 0 Å². The Labute approximate surface area is 218 Å². The number of rotatable bonds is 6. The van der Waals surface area contributed by atoms with Crippen LogP contribution in [0.2, 0.25) is 0 Å². The number of hydrogen-bond acceptors (Lipinski definition) is 8. The normalized spacial score (nSPS) is 20.1. The minimum Gasteiger partial charge on any atom is -0.439 e. The van der Waals surface area contributed by atoms with Gasteiger partial charge in [0.05, 0.1) is 33.5 Å². The maximum Gasteiger partial charge on any atom is 0.331 e. The van der Waals surface area contributed by atoms with Gasteiger partial charge < -0.3 is 20.9 Å². The highest BCUT2D eigenvalue weighted by Gasteiger charge is 2.34. The lowest BCUT2D eigenvalue weighted by molar-refractivity contribution is 0.112. The monoisotopic (exact) mass is 516 g/mol. The number of aliphatic hydroxyl groups is 1. The van der Waals surface area contributed by atoms with Gasteiger partial charge in [0.15, 0.2) is 0 Å². The third-order valence-corrected chi connectivity index (χ3v) is 8.13. The van der Waals surface area contributed by atoms with Crippen LogP contribution in [0.5, 0.6) is 11.6 Å². The van der Waals surface area contributed by atoms with Crippen molar-refractivity contribution in [1.82, 2.24) is 15.3 Å². The van der Waals surface area contributed by atoms with Crippen molar-refractivity contribution >= 4 is 44.6 Å². The van der Waals surface area contributed by atoms with Crippen LogP contribution in [0.1, 0.15) is 42.4 Å². The van der Waals surface area contributed by atoms with E-state index < -0.39 is 6.23 Å². The molecule has 0 radical (unpaired) electrons. The molecule has 1 saturated carbocycles. The maximum atomic E-state index is 13.5. The van der Waals surface area contributed by atoms with Crippen molar-refractivity contribution < 1.29 is 14.6 Å². The molecule has 1 aliphatic heterocycles. The summed E-state index contributed by atoms with van der Waals surface area (Å²) in [5, 5.41) is 18.2. The van der Waals surface area contributed by atoms with Gasteiger partial charge in [-0.15, -0.1) is 11.3 Å². The number of thiophene rings is 1. The van der Waals surface area contributed by atoms with E-state index in [2.05, 4.69) is 20.6 Å². The zero-order chi connectivity index (χ0) is 25.5. The number of pyridine rings is 2. The number of nitrogens with one attached hydrogen (secondary N) is 2. The first-order valence-electron chi connectivity index (χ1n) is 12.4. The lowest BCUT2D eigenvalue weighted by atomic mass is 9.91. The third kappa shape index (κ3) is 4.42. The summed E-state index contributed by atoms with van der Waals surface area (Å²) in [6.45, 7) is 1.91. The lowest BCUT2D eigenvalue weighted by Crippen LogP contribution is -2.48. The number of aliphatic hydroxyl groups excluding tert-OH is 1. The van der Waals surface area contributed by atoms with Crippen molar-refractivity contribution in [3.05, 3.63) is 65.3 Å². The van der Waals surface area contributed by atoms with E-state index in [1.54, 1.807) is 17.3 Å². The molecule has 9 nitrogen and oxygen atoms in total. The summed E-state index contributed by atoms with van der Waals surface area (Å²) in [6.07, 6.45) is 6.40. The number of benzene rings is 1. The molecule has 10 heteroatoms. The van der Waals surface area contributed by atoms with Crippen LogP contribution in [-0.4, -0.2) is 33.2 Å². The molecule has 1 unspecified atom stereocenters. The Morgan fingerprint density at radius 1 is 1.19 bits per heavy atom. The van der Waals surface area contributed by atoms with Crippen molar-refractivity contribution in [2.45, 2.75) is 50.9 Å². The number of nitrogens with two attached hydrogens (primary N) is 1. The molecule has 0 saturated heterocycles. The summed E-state index contributed by atoms with van der Waals surface area (Å²) in [5.41, 5.74) is 9.02. The molecule has 190 valence electrons. The zero-order valence-corrected chi connectivity index (χ0v) is 21.2. The number of anilines is 3. The predicted octanol–water partition coefficient (Wildman–Crippen LogP) is 5.33. The summed E-state index contributed by atoms with van der Waals surface area (Å²) < 4.78 is 5.86. The minimum atomic E-state index is -0.958. The summed E-state index contributed by atoms with van der Waals surface area (Å²) in [4.78, 5) is 25.4. The SMILES string of the molecule is Cc1cc(Oc2ccccc2)ncc1N1C(=O)Nc2c(C(O)N[C@@H]3CCCC[C@@H]3N)sc3nccc1c23. The molecule has 2 amide bonds. The van der Waals surface area contributed by atoms with Gasteiger partial charge in [0.2, 0.25) is 5.88 Å². The Balaban J connectivity index is 1.33. The molecule has 0 spiro atoms. The predicted molar refractivity (Wildman–Crippen MR) is 145 cm³/mol. The number of ether oxygens (including phenoxy) is 1. The number of aromatic nitrogens is 2. The molecule has 6 rings (SSSR count). The van der Waals surface area contributed by atoms with Crippen molar-refractivity contribution in [2.75, 3.05) is 10.2 Å². The second kappa shape index (κ2) is 9.71. The number of carbonyl (C=O) groups is 1. The first kappa shape index (κ1) is 23.8. The van der Waals surface area contributed by atoms with Crippen LogP contribution in [0, 0.1) is 6.92 Å². The van der Waals surface area contributed by atoms with Crippen LogP contribution in [0.25, 0.3) is 10.2 Å². The zero-order valence-electron chi connectivity index (χ0n) is 20.3. The number of para-hydroxylation sites is 1. The second-order valence-electron chi connectivity index (χ2n) is 9.47. The molecular weight excluding hydrogens is 488 g/mol. The highest BCUT2D eigenvalue weighted by molar-refractivity contribution is 7.19. The molecule has 3 atom stereocenters. The molecule has 2 aliphatic rings. The van der Waals surface area contributed by atoms with Crippen LogP contribution in [0.4, 0.5) is 21.9 Å². The number of carbonyl (C=O) groups excluding carboxylic acids is 1. The first-order chi connectivity index (χ1) is 18.0. The molecule has 4 heterocycles. The van der Waals surface area contributed by atoms with Crippen molar-refractivity contribution in [3.8, 4) is 11.6 Å². The molecular formula is C27H28N6O3S. The Hall–Kier alpha value is -3.57. The van der Waals surface area contributed by atoms with E-state index in [1.807, 2.05) is 49.4 Å². The van der Waals surface area contributed by atoms with E-state index in [-0.39, 0.29) is 18.1 Å². The smallest absolute Gasteiger partial charge is 0.331 e. The van der Waals surface area contributed by atoms with Crippen molar-refractivity contribution in [3.63, 3.8) is 0 Å². The van der Waals surface area contributed by atoms with Gasteiger partial charge >= 0.3 is 6.03 Å². The van der Waals surface area contributed by atoms with Crippen molar-refractivity contribution in [2.24, 2.45) is 5.73 Å². The second-order valence-corrected chi connectivity index (χ2v) is 10.5. The number of urea groups is 1. The fourth-order valence-corrected chi connectivity index (χ4v) is 6.17. The molecule has 1 aliphatic carbocycles. The maximum absolute atomic E-state index is 13.5. The first-order valence-corrected chi connectivity index (χ1v) is 13.2. The van der Waals surface area contributed by atoms with Gasteiger partial charge in [-0.1, -0.05) is 31.0 Å². The Bertz CT molecular complexity index is 1460. The van der Waals surface area contributed by atoms with Crippen LogP contribution in [-0.2, 0) is 0 Å². The molecule has 37 heavy (non-hydrogen) atoms. The number of aryl methyl sites for hydroxylation is 1. The fraction of sp³-hybridized carbons (Fsp3) is 0.296. The Morgan fingerprint density at radius 3 is 2.78 bits per heavy atom. The largest absolute Gasteiger partial charge is 0.439 e. The van der Waals surface area contributed by atoms with Gasteiger partial charge in [-0.05, 0) is 43.5 Å². The summed E-state index contributed by atoms with van der Waals surface area (Å²) in [5.74, 6) is 1.13. The molecule has 3 aromatic heterocycles. The van der Waals surface area contributed by atoms with Gasteiger partial charge in [0.1, 0.15) is 16.8 Å². The van der Waals surface area contributed by atoms with E-state index >= 15 is 0 Å². The van der Waals surface area contributed by atoms with E-state index in [9.17, 15) is 9.90 Å². The van der Waals surface area contributed by atoms with Gasteiger partial charge in [-0.25, -0.2) is 14.8 Å². The lowest BCUT2D eigenvalue weighted by Gasteiger charge is -2.32. The summed E-state index contributed by atoms with van der Waals surface area (Å²) >= 11 is 1.37. The van der Waals surface area contributed by atoms with E-state index in [0.717, 1.165) is 41.5 Å². The third-order valence-electron chi connectivity index (χ3n) is 6.98. The molecule has 0 bridgehead atoms. The standard InChI is InChI=1S/C27H28N6O3S/c1-15-13-21(36-16-7-3-2-4-8-16)30-14-20(15)33-19-11-12-29-26-22(19)23(32-27(33)35)24(37-26)25(34)31-18-10-6-5-9-17(18)28/h2-4,7-8,11-14,17-18,25,31,34H,5-6,9-10,28H2,1H3,(H,32,35)/t17-,18+,25?/m0/s1. The van der Waals surface area contributed by atoms with Gasteiger partial charge in [0.25, 0.3) is 0 Å². The van der Waals surface area contributed by atoms with Crippen LogP contribution in [0.15, 0.2) is 54.9 Å². The number of amides is 2. The van der Waals surface area contributed by atoms with Crippen LogP contribution < -0.4 is 26.0 Å². The van der Waals surface area contributed by atoms with Gasteiger partial charge in [0, 0.05) is 24.3 Å². The molecule has 1 fully saturated rings. The fourth-order valence-electron chi connectivity index (χ4n) is 5.11. The van der Waals surface area contributed by atoms with E-state index in [1.165, 1.54) is 11.3 Å². The highest BCUT2D eigenvalue weighted by atomic mass is 32.1. The highest BCUT2D eigenvalue weighted by Crippen LogP contribution is 2.47. The number of hydrogen-bond donors (Lipinski definition) is 4.